The van der Waals surface area contributed by atoms with Crippen LogP contribution >= 0.6 is 0 Å². The molecule has 2 aliphatic heterocycles. The van der Waals surface area contributed by atoms with Crippen LogP contribution in [0.25, 0.3) is 0 Å². The van der Waals surface area contributed by atoms with Crippen LogP contribution in [0.1, 0.15) is 18.5 Å². The SMILES string of the molecule is Cc1cc2n(n1)CC(CNC1CCCN(c3ncccn3)C1)CN2. The first-order valence-corrected chi connectivity index (χ1v) is 8.81. The van der Waals surface area contributed by atoms with Gasteiger partial charge in [-0.3, -0.25) is 0 Å². The van der Waals surface area contributed by atoms with E-state index < -0.39 is 0 Å². The molecule has 1 fully saturated rings. The van der Waals surface area contributed by atoms with Gasteiger partial charge in [0.15, 0.2) is 0 Å². The molecule has 2 aromatic heterocycles. The fraction of sp³-hybridized carbons (Fsp3) is 0.588. The van der Waals surface area contributed by atoms with Crippen molar-refractivity contribution in [2.75, 3.05) is 36.4 Å². The summed E-state index contributed by atoms with van der Waals surface area (Å²) in [5.74, 6) is 2.56. The van der Waals surface area contributed by atoms with E-state index in [1.165, 1.54) is 12.8 Å². The highest BCUT2D eigenvalue weighted by Crippen LogP contribution is 2.19. The van der Waals surface area contributed by atoms with Gasteiger partial charge < -0.3 is 15.5 Å². The molecule has 2 aromatic rings. The lowest BCUT2D eigenvalue weighted by molar-refractivity contribution is 0.345. The lowest BCUT2D eigenvalue weighted by Crippen LogP contribution is -2.48. The first-order valence-electron chi connectivity index (χ1n) is 8.81. The van der Waals surface area contributed by atoms with Gasteiger partial charge in [-0.05, 0) is 25.8 Å². The smallest absolute Gasteiger partial charge is 0.225 e. The van der Waals surface area contributed by atoms with Gasteiger partial charge in [0.2, 0.25) is 5.95 Å². The number of nitrogens with one attached hydrogen (secondary N) is 2. The zero-order valence-corrected chi connectivity index (χ0v) is 14.1. The Bertz CT molecular complexity index is 669. The summed E-state index contributed by atoms with van der Waals surface area (Å²) in [5.41, 5.74) is 1.08. The van der Waals surface area contributed by atoms with Crippen LogP contribution in [-0.4, -0.2) is 52.0 Å². The first-order chi connectivity index (χ1) is 11.8. The van der Waals surface area contributed by atoms with E-state index in [1.807, 2.05) is 25.4 Å². The maximum atomic E-state index is 4.55. The first kappa shape index (κ1) is 15.4. The molecule has 128 valence electrons. The summed E-state index contributed by atoms with van der Waals surface area (Å²) in [6.07, 6.45) is 6.03. The molecule has 1 saturated heterocycles. The second kappa shape index (κ2) is 6.76. The number of aromatic nitrogens is 4. The molecule has 0 amide bonds. The van der Waals surface area contributed by atoms with Crippen LogP contribution < -0.4 is 15.5 Å². The van der Waals surface area contributed by atoms with Gasteiger partial charge in [-0.1, -0.05) is 0 Å². The number of hydrogen-bond acceptors (Lipinski definition) is 6. The quantitative estimate of drug-likeness (QED) is 0.882. The second-order valence-electron chi connectivity index (χ2n) is 6.84. The number of nitrogens with zero attached hydrogens (tertiary/aromatic N) is 5. The summed E-state index contributed by atoms with van der Waals surface area (Å²) >= 11 is 0. The van der Waals surface area contributed by atoms with Crippen molar-refractivity contribution < 1.29 is 0 Å². The molecule has 0 bridgehead atoms. The van der Waals surface area contributed by atoms with Gasteiger partial charge in [-0.15, -0.1) is 0 Å². The molecule has 2 unspecified atom stereocenters. The molecule has 7 heteroatoms. The highest BCUT2D eigenvalue weighted by atomic mass is 15.3. The lowest BCUT2D eigenvalue weighted by Gasteiger charge is -2.34. The third-order valence-electron chi connectivity index (χ3n) is 4.86. The fourth-order valence-electron chi connectivity index (χ4n) is 3.63. The van der Waals surface area contributed by atoms with E-state index in [0.717, 1.165) is 50.2 Å². The lowest BCUT2D eigenvalue weighted by atomic mass is 10.0. The van der Waals surface area contributed by atoms with Crippen molar-refractivity contribution in [3.63, 3.8) is 0 Å². The van der Waals surface area contributed by atoms with E-state index in [9.17, 15) is 0 Å². The van der Waals surface area contributed by atoms with E-state index >= 15 is 0 Å². The molecule has 24 heavy (non-hydrogen) atoms. The van der Waals surface area contributed by atoms with E-state index in [4.69, 9.17) is 0 Å². The Morgan fingerprint density at radius 3 is 3.04 bits per heavy atom. The van der Waals surface area contributed by atoms with Gasteiger partial charge in [0.05, 0.1) is 5.69 Å². The second-order valence-corrected chi connectivity index (χ2v) is 6.84. The predicted octanol–water partition coefficient (Wildman–Crippen LogP) is 1.28. The zero-order valence-electron chi connectivity index (χ0n) is 14.1. The van der Waals surface area contributed by atoms with Gasteiger partial charge in [-0.2, -0.15) is 5.10 Å². The van der Waals surface area contributed by atoms with Crippen LogP contribution in [0.4, 0.5) is 11.8 Å². The number of hydrogen-bond donors (Lipinski definition) is 2. The minimum atomic E-state index is 0.503. The molecule has 4 rings (SSSR count). The number of piperidine rings is 1. The Kier molecular flexibility index (Phi) is 4.34. The number of anilines is 2. The largest absolute Gasteiger partial charge is 0.370 e. The minimum absolute atomic E-state index is 0.503. The fourth-order valence-corrected chi connectivity index (χ4v) is 3.63. The van der Waals surface area contributed by atoms with Crippen molar-refractivity contribution in [1.29, 1.82) is 0 Å². The van der Waals surface area contributed by atoms with Crippen LogP contribution in [0.15, 0.2) is 24.5 Å². The molecule has 0 saturated carbocycles. The van der Waals surface area contributed by atoms with Crippen LogP contribution in [0, 0.1) is 12.8 Å². The molecular weight excluding hydrogens is 302 g/mol. The van der Waals surface area contributed by atoms with Gasteiger partial charge in [0, 0.05) is 63.1 Å². The average Bonchev–Trinajstić information content (AvgIpc) is 3.00. The molecule has 4 heterocycles. The molecule has 0 spiro atoms. The topological polar surface area (TPSA) is 70.9 Å². The summed E-state index contributed by atoms with van der Waals surface area (Å²) < 4.78 is 2.09. The molecule has 0 radical (unpaired) electrons. The van der Waals surface area contributed by atoms with Crippen molar-refractivity contribution >= 4 is 11.8 Å². The summed E-state index contributed by atoms with van der Waals surface area (Å²) in [6, 6.07) is 4.48. The average molecular weight is 327 g/mol. The van der Waals surface area contributed by atoms with Crippen molar-refractivity contribution in [1.82, 2.24) is 25.1 Å². The van der Waals surface area contributed by atoms with Gasteiger partial charge in [-0.25, -0.2) is 14.6 Å². The van der Waals surface area contributed by atoms with Crippen molar-refractivity contribution in [2.24, 2.45) is 5.92 Å². The monoisotopic (exact) mass is 327 g/mol. The third kappa shape index (κ3) is 3.36. The predicted molar refractivity (Wildman–Crippen MR) is 94.2 cm³/mol. The summed E-state index contributed by atoms with van der Waals surface area (Å²) in [7, 11) is 0. The zero-order chi connectivity index (χ0) is 16.4. The van der Waals surface area contributed by atoms with Crippen LogP contribution in [0.5, 0.6) is 0 Å². The van der Waals surface area contributed by atoms with E-state index in [2.05, 4.69) is 41.3 Å². The molecule has 2 aliphatic rings. The molecular formula is C17H25N7. The molecule has 2 N–H and O–H groups in total. The Morgan fingerprint density at radius 1 is 1.29 bits per heavy atom. The Hall–Kier alpha value is -2.15. The van der Waals surface area contributed by atoms with Crippen LogP contribution in [-0.2, 0) is 6.54 Å². The number of fused-ring (bicyclic) bond motifs is 1. The van der Waals surface area contributed by atoms with E-state index in [-0.39, 0.29) is 0 Å². The molecule has 0 aliphatic carbocycles. The van der Waals surface area contributed by atoms with Gasteiger partial charge >= 0.3 is 0 Å². The summed E-state index contributed by atoms with van der Waals surface area (Å²) in [5, 5.41) is 11.8. The standard InChI is InChI=1S/C17H25N7/c1-13-8-16-21-10-14(11-24(16)22-13)9-20-15-4-2-7-23(12-15)17-18-5-3-6-19-17/h3,5-6,8,14-15,20-21H,2,4,7,9-12H2,1H3. The maximum absolute atomic E-state index is 4.55. The summed E-state index contributed by atoms with van der Waals surface area (Å²) in [6.45, 7) is 7.08. The van der Waals surface area contributed by atoms with Crippen molar-refractivity contribution in [2.45, 2.75) is 32.4 Å². The normalized spacial score (nSPS) is 23.6. The Labute approximate surface area is 142 Å². The highest BCUT2D eigenvalue weighted by molar-refractivity contribution is 5.38. The van der Waals surface area contributed by atoms with E-state index in [1.54, 1.807) is 0 Å². The Morgan fingerprint density at radius 2 is 2.17 bits per heavy atom. The van der Waals surface area contributed by atoms with Gasteiger partial charge in [0.25, 0.3) is 0 Å². The van der Waals surface area contributed by atoms with Crippen LogP contribution in [0.3, 0.4) is 0 Å². The molecule has 7 nitrogen and oxygen atoms in total. The molecule has 0 aromatic carbocycles. The van der Waals surface area contributed by atoms with Crippen molar-refractivity contribution in [3.05, 3.63) is 30.2 Å². The Balaban J connectivity index is 1.30. The van der Waals surface area contributed by atoms with E-state index in [0.29, 0.717) is 12.0 Å². The molecule has 2 atom stereocenters. The highest BCUT2D eigenvalue weighted by Gasteiger charge is 2.24. The summed E-state index contributed by atoms with van der Waals surface area (Å²) in [4.78, 5) is 11.0. The van der Waals surface area contributed by atoms with Crippen LogP contribution in [0.2, 0.25) is 0 Å². The number of aryl methyl sites for hydroxylation is 1. The number of rotatable bonds is 4. The third-order valence-corrected chi connectivity index (χ3v) is 4.86. The van der Waals surface area contributed by atoms with Gasteiger partial charge in [0.1, 0.15) is 5.82 Å². The van der Waals surface area contributed by atoms with Crippen molar-refractivity contribution in [3.8, 4) is 0 Å². The minimum Gasteiger partial charge on any atom is -0.370 e. The maximum Gasteiger partial charge on any atom is 0.225 e.